The number of amides is 1. The van der Waals surface area contributed by atoms with Gasteiger partial charge in [0.15, 0.2) is 0 Å². The van der Waals surface area contributed by atoms with Gasteiger partial charge in [-0.3, -0.25) is 4.79 Å². The van der Waals surface area contributed by atoms with Gasteiger partial charge in [-0.05, 0) is 37.0 Å². The number of nitrogens with zero attached hydrogens (tertiary/aromatic N) is 3. The van der Waals surface area contributed by atoms with Crippen LogP contribution in [-0.4, -0.2) is 83.0 Å². The standard InChI is InChI=1S/C22H31N3O4/c1-23-20-10-19(29-2)4-3-15(20)9-21(23)22(28)25-12-16(17(13-25)14-26)11-24-7-5-18(27)6-8-24/h3-4,9-10,16-18,26-27H,5-8,11-14H2,1-2H3/t16-,17-/m1/s1. The summed E-state index contributed by atoms with van der Waals surface area (Å²) in [6, 6.07) is 7.75. The van der Waals surface area contributed by atoms with Gasteiger partial charge in [0.2, 0.25) is 0 Å². The number of aliphatic hydroxyl groups excluding tert-OH is 2. The number of aromatic nitrogens is 1. The molecule has 1 amide bonds. The molecule has 0 radical (unpaired) electrons. The molecule has 0 saturated carbocycles. The molecule has 0 spiro atoms. The highest BCUT2D eigenvalue weighted by Crippen LogP contribution is 2.29. The van der Waals surface area contributed by atoms with Crippen LogP contribution in [0.1, 0.15) is 23.3 Å². The zero-order chi connectivity index (χ0) is 20.5. The van der Waals surface area contributed by atoms with Crippen molar-refractivity contribution in [1.82, 2.24) is 14.4 Å². The number of aliphatic hydroxyl groups is 2. The smallest absolute Gasteiger partial charge is 0.270 e. The lowest BCUT2D eigenvalue weighted by Crippen LogP contribution is -2.40. The number of hydrogen-bond donors (Lipinski definition) is 2. The Morgan fingerprint density at radius 2 is 1.90 bits per heavy atom. The number of methoxy groups -OCH3 is 1. The second-order valence-corrected chi connectivity index (χ2v) is 8.46. The summed E-state index contributed by atoms with van der Waals surface area (Å²) >= 11 is 0. The molecule has 2 N–H and O–H groups in total. The summed E-state index contributed by atoms with van der Waals surface area (Å²) in [6.45, 7) is 3.98. The second-order valence-electron chi connectivity index (χ2n) is 8.46. The van der Waals surface area contributed by atoms with Crippen LogP contribution in [0.3, 0.4) is 0 Å². The van der Waals surface area contributed by atoms with Crippen molar-refractivity contribution in [2.45, 2.75) is 18.9 Å². The third-order valence-electron chi connectivity index (χ3n) is 6.62. The van der Waals surface area contributed by atoms with E-state index >= 15 is 0 Å². The fraction of sp³-hybridized carbons (Fsp3) is 0.591. The molecule has 3 heterocycles. The van der Waals surface area contributed by atoms with Crippen molar-refractivity contribution in [2.75, 3.05) is 46.4 Å². The molecule has 2 aliphatic heterocycles. The highest BCUT2D eigenvalue weighted by molar-refractivity contribution is 5.99. The Labute approximate surface area is 171 Å². The largest absolute Gasteiger partial charge is 0.497 e. The molecule has 1 aromatic carbocycles. The van der Waals surface area contributed by atoms with Crippen molar-refractivity contribution in [1.29, 1.82) is 0 Å². The van der Waals surface area contributed by atoms with Gasteiger partial charge in [0.05, 0.1) is 18.7 Å². The first kappa shape index (κ1) is 20.2. The summed E-state index contributed by atoms with van der Waals surface area (Å²) in [4.78, 5) is 17.5. The molecular weight excluding hydrogens is 370 g/mol. The Morgan fingerprint density at radius 1 is 1.17 bits per heavy atom. The van der Waals surface area contributed by atoms with Gasteiger partial charge in [-0.2, -0.15) is 0 Å². The maximum absolute atomic E-state index is 13.3. The van der Waals surface area contributed by atoms with Crippen molar-refractivity contribution in [3.8, 4) is 5.75 Å². The van der Waals surface area contributed by atoms with Crippen molar-refractivity contribution in [3.05, 3.63) is 30.0 Å². The second kappa shape index (κ2) is 8.34. The number of hydrogen-bond acceptors (Lipinski definition) is 5. The predicted octanol–water partition coefficient (Wildman–Crippen LogP) is 1.32. The van der Waals surface area contributed by atoms with Crippen LogP contribution in [0.4, 0.5) is 0 Å². The molecule has 2 aliphatic rings. The normalized spacial score (nSPS) is 23.8. The van der Waals surface area contributed by atoms with Crippen molar-refractivity contribution < 1.29 is 19.7 Å². The molecule has 29 heavy (non-hydrogen) atoms. The molecule has 2 saturated heterocycles. The van der Waals surface area contributed by atoms with E-state index < -0.39 is 0 Å². The molecule has 158 valence electrons. The average Bonchev–Trinajstić information content (AvgIpc) is 3.30. The van der Waals surface area contributed by atoms with Crippen LogP contribution in [0.2, 0.25) is 0 Å². The van der Waals surface area contributed by atoms with Gasteiger partial charge < -0.3 is 29.3 Å². The van der Waals surface area contributed by atoms with Gasteiger partial charge in [-0.1, -0.05) is 0 Å². The lowest BCUT2D eigenvalue weighted by Gasteiger charge is -2.32. The Bertz CT molecular complexity index is 872. The molecule has 0 bridgehead atoms. The Balaban J connectivity index is 1.49. The van der Waals surface area contributed by atoms with Gasteiger partial charge in [0.25, 0.3) is 5.91 Å². The van der Waals surface area contributed by atoms with Gasteiger partial charge in [-0.15, -0.1) is 0 Å². The zero-order valence-electron chi connectivity index (χ0n) is 17.3. The first-order chi connectivity index (χ1) is 14.0. The molecule has 2 fully saturated rings. The number of fused-ring (bicyclic) bond motifs is 1. The summed E-state index contributed by atoms with van der Waals surface area (Å²) in [5.74, 6) is 1.14. The summed E-state index contributed by atoms with van der Waals surface area (Å²) in [6.07, 6.45) is 1.42. The number of piperidine rings is 1. The van der Waals surface area contributed by atoms with Crippen molar-refractivity contribution >= 4 is 16.8 Å². The summed E-state index contributed by atoms with van der Waals surface area (Å²) in [5, 5.41) is 20.6. The average molecular weight is 402 g/mol. The number of likely N-dealkylation sites (tertiary alicyclic amines) is 2. The van der Waals surface area contributed by atoms with Crippen LogP contribution in [0.25, 0.3) is 10.9 Å². The minimum atomic E-state index is -0.188. The van der Waals surface area contributed by atoms with Gasteiger partial charge >= 0.3 is 0 Å². The maximum Gasteiger partial charge on any atom is 0.270 e. The molecule has 2 aromatic rings. The van der Waals surface area contributed by atoms with Crippen LogP contribution >= 0.6 is 0 Å². The highest BCUT2D eigenvalue weighted by atomic mass is 16.5. The van der Waals surface area contributed by atoms with Crippen LogP contribution in [0, 0.1) is 11.8 Å². The molecule has 7 nitrogen and oxygen atoms in total. The Kier molecular flexibility index (Phi) is 5.81. The molecule has 2 atom stereocenters. The van der Waals surface area contributed by atoms with Crippen molar-refractivity contribution in [3.63, 3.8) is 0 Å². The predicted molar refractivity (Wildman–Crippen MR) is 111 cm³/mol. The van der Waals surface area contributed by atoms with E-state index in [0.29, 0.717) is 18.8 Å². The molecule has 0 unspecified atom stereocenters. The SMILES string of the molecule is COc1ccc2cc(C(=O)N3C[C@@H](CN4CCC(O)CC4)[C@@H](CO)C3)n(C)c2c1. The summed E-state index contributed by atoms with van der Waals surface area (Å²) < 4.78 is 7.24. The Morgan fingerprint density at radius 3 is 2.59 bits per heavy atom. The third-order valence-corrected chi connectivity index (χ3v) is 6.62. The number of ether oxygens (including phenoxy) is 1. The number of carbonyl (C=O) groups is 1. The zero-order valence-corrected chi connectivity index (χ0v) is 17.3. The van der Waals surface area contributed by atoms with Crippen molar-refractivity contribution in [2.24, 2.45) is 18.9 Å². The van der Waals surface area contributed by atoms with E-state index in [1.807, 2.05) is 40.8 Å². The van der Waals surface area contributed by atoms with Crippen LogP contribution in [0.15, 0.2) is 24.3 Å². The molecule has 0 aliphatic carbocycles. The monoisotopic (exact) mass is 401 g/mol. The molecule has 1 aromatic heterocycles. The van der Waals surface area contributed by atoms with Gasteiger partial charge in [0, 0.05) is 63.7 Å². The van der Waals surface area contributed by atoms with E-state index in [2.05, 4.69) is 4.90 Å². The van der Waals surface area contributed by atoms with Crippen LogP contribution < -0.4 is 4.74 Å². The van der Waals surface area contributed by atoms with E-state index in [0.717, 1.165) is 49.1 Å². The first-order valence-corrected chi connectivity index (χ1v) is 10.4. The number of aryl methyl sites for hydroxylation is 1. The number of carbonyl (C=O) groups excluding carboxylic acids is 1. The highest BCUT2D eigenvalue weighted by Gasteiger charge is 2.37. The van der Waals surface area contributed by atoms with Crippen LogP contribution in [-0.2, 0) is 7.05 Å². The molecule has 4 rings (SSSR count). The molecule has 7 heteroatoms. The van der Waals surface area contributed by atoms with Gasteiger partial charge in [-0.25, -0.2) is 0 Å². The van der Waals surface area contributed by atoms with Gasteiger partial charge in [0.1, 0.15) is 11.4 Å². The summed E-state index contributed by atoms with van der Waals surface area (Å²) in [7, 11) is 3.55. The quantitative estimate of drug-likeness (QED) is 0.790. The topological polar surface area (TPSA) is 78.2 Å². The van der Waals surface area contributed by atoms with E-state index in [4.69, 9.17) is 4.74 Å². The van der Waals surface area contributed by atoms with E-state index in [1.165, 1.54) is 0 Å². The third kappa shape index (κ3) is 3.99. The number of benzene rings is 1. The van der Waals surface area contributed by atoms with E-state index in [-0.39, 0.29) is 30.5 Å². The number of rotatable bonds is 5. The van der Waals surface area contributed by atoms with E-state index in [9.17, 15) is 15.0 Å². The first-order valence-electron chi connectivity index (χ1n) is 10.4. The summed E-state index contributed by atoms with van der Waals surface area (Å²) in [5.41, 5.74) is 1.63. The lowest BCUT2D eigenvalue weighted by atomic mass is 9.95. The molecular formula is C22H31N3O4. The van der Waals surface area contributed by atoms with Crippen LogP contribution in [0.5, 0.6) is 5.75 Å². The maximum atomic E-state index is 13.3. The lowest BCUT2D eigenvalue weighted by molar-refractivity contribution is 0.0678. The van der Waals surface area contributed by atoms with E-state index in [1.54, 1.807) is 7.11 Å². The Hall–Kier alpha value is -2.09. The minimum absolute atomic E-state index is 0.0117. The minimum Gasteiger partial charge on any atom is -0.497 e. The fourth-order valence-corrected chi connectivity index (χ4v) is 4.76. The fourth-order valence-electron chi connectivity index (χ4n) is 4.76.